The van der Waals surface area contributed by atoms with Gasteiger partial charge in [-0.1, -0.05) is 96.6 Å². The van der Waals surface area contributed by atoms with Crippen molar-refractivity contribution in [2.45, 2.75) is 153 Å². The number of unbranched alkanes of at least 4 members (excludes halogenated alkanes) is 1. The van der Waals surface area contributed by atoms with Crippen LogP contribution in [0, 0.1) is 23.2 Å². The van der Waals surface area contributed by atoms with E-state index in [2.05, 4.69) is 27.5 Å². The number of aliphatic hydroxyl groups excluding tert-OH is 5. The molecular formula is C64H89N7O10. The summed E-state index contributed by atoms with van der Waals surface area (Å²) in [6.07, 6.45) is 6.80. The summed E-state index contributed by atoms with van der Waals surface area (Å²) in [7, 11) is 0. The largest absolute Gasteiger partial charge is 0.508 e. The number of hydrogen-bond acceptors (Lipinski definition) is 14. The second-order valence-corrected chi connectivity index (χ2v) is 23.6. The van der Waals surface area contributed by atoms with Crippen molar-refractivity contribution in [3.63, 3.8) is 0 Å². The Morgan fingerprint density at radius 1 is 0.975 bits per heavy atom. The quantitative estimate of drug-likeness (QED) is 0.0227. The number of ketones is 1. The first-order valence-corrected chi connectivity index (χ1v) is 28.8. The molecular weight excluding hydrogens is 1030 g/mol. The number of carbonyl (C=O) groups excluding carboxylic acids is 2. The van der Waals surface area contributed by atoms with Crippen LogP contribution in [0.25, 0.3) is 0 Å². The van der Waals surface area contributed by atoms with Crippen LogP contribution in [-0.4, -0.2) is 121 Å². The molecule has 2 aliphatic heterocycles. The van der Waals surface area contributed by atoms with Gasteiger partial charge < -0.3 is 63.4 Å². The molecule has 2 saturated carbocycles. The van der Waals surface area contributed by atoms with Gasteiger partial charge in [0.15, 0.2) is 11.7 Å². The maximum Gasteiger partial charge on any atom is 0.243 e. The third-order valence-electron chi connectivity index (χ3n) is 18.0. The molecule has 0 aromatic heterocycles. The molecule has 440 valence electrons. The van der Waals surface area contributed by atoms with Gasteiger partial charge in [-0.3, -0.25) is 25.2 Å². The molecule has 2 heterocycles. The van der Waals surface area contributed by atoms with E-state index in [1.54, 1.807) is 68.5 Å². The first kappa shape index (κ1) is 62.8. The summed E-state index contributed by atoms with van der Waals surface area (Å²) in [4.78, 5) is 33.7. The Kier molecular flexibility index (Phi) is 21.3. The highest BCUT2D eigenvalue weighted by Crippen LogP contribution is 2.63. The number of fused-ring (bicyclic) bond motifs is 4. The summed E-state index contributed by atoms with van der Waals surface area (Å²) in [5.41, 5.74) is 21.6. The monoisotopic (exact) mass is 1120 g/mol. The molecule has 2 fully saturated rings. The Hall–Kier alpha value is -5.83. The van der Waals surface area contributed by atoms with Crippen molar-refractivity contribution >= 4 is 17.6 Å². The first-order chi connectivity index (χ1) is 38.5. The number of guanidine groups is 1. The highest BCUT2D eigenvalue weighted by Gasteiger charge is 2.64. The average molecular weight is 1120 g/mol. The third-order valence-corrected chi connectivity index (χ3v) is 18.0. The topological polar surface area (TPSA) is 322 Å². The van der Waals surface area contributed by atoms with Gasteiger partial charge in [-0.25, -0.2) is 0 Å². The van der Waals surface area contributed by atoms with Gasteiger partial charge in [-0.2, -0.15) is 0 Å². The first-order valence-electron chi connectivity index (χ1n) is 28.8. The van der Waals surface area contributed by atoms with Crippen molar-refractivity contribution in [1.29, 1.82) is 0 Å². The lowest BCUT2D eigenvalue weighted by Gasteiger charge is -2.56. The van der Waals surface area contributed by atoms with E-state index >= 15 is 4.79 Å². The summed E-state index contributed by atoms with van der Waals surface area (Å²) in [5, 5.41) is 102. The van der Waals surface area contributed by atoms with Crippen LogP contribution >= 0.6 is 0 Å². The number of aromatic hydroxyl groups is 1. The zero-order valence-corrected chi connectivity index (χ0v) is 47.7. The van der Waals surface area contributed by atoms with E-state index in [9.17, 15) is 45.6 Å². The normalized spacial score (nSPS) is 29.7. The Balaban J connectivity index is 1.29. The summed E-state index contributed by atoms with van der Waals surface area (Å²) < 4.78 is 0. The Morgan fingerprint density at radius 2 is 1.69 bits per heavy atom. The molecule has 12 atom stereocenters. The Morgan fingerprint density at radius 3 is 2.38 bits per heavy atom. The molecule has 1 amide bonds. The number of β-amino-alcohol motifs (C(OH)–C–C–N with tert-alkyl or cyclic N) is 1. The van der Waals surface area contributed by atoms with E-state index in [4.69, 9.17) is 17.2 Å². The number of carbonyl (C=O) groups is 2. The second-order valence-electron chi connectivity index (χ2n) is 23.6. The molecule has 1 spiro atoms. The molecule has 81 heavy (non-hydrogen) atoms. The standard InChI is InChI=1S/C64H89N7O10/c1-38(2)23-28-64(81,70-29-6-7-30-72)39(3)11-8-15-45(37-73)49-25-27-63(58(49)78)53-22-21-47(75)32-41-12-9-13-42(31-41)33-51(52(35-69-61(66)67)43-17-19-46(74)20-18-43)55(77)36-68-57-56-44(14-10-16-50(56)59(65)71-60(57)79)34-54(76)40(4)48(53)24-26-62(63,5)80/h8-20,23,31,47,49,51-53,55,57-59,68,70,72-75,77-78,80-81H,3,6-7,21-22,24-30,32-37,65H2,1-2,4-5H3,(H,71,79)(H4,66,67,69)/b11-8+,45-15-,48-40+/t47-,49+,51+,52+,53+,55+,57+,58+,59-,62+,63+,64-/m0/s1. The van der Waals surface area contributed by atoms with Gasteiger partial charge in [0.1, 0.15) is 23.7 Å². The van der Waals surface area contributed by atoms with Crippen molar-refractivity contribution in [2.75, 3.05) is 32.8 Å². The van der Waals surface area contributed by atoms with Crippen LogP contribution < -0.4 is 33.2 Å². The predicted molar refractivity (Wildman–Crippen MR) is 315 cm³/mol. The predicted octanol–water partition coefficient (Wildman–Crippen LogP) is 4.87. The van der Waals surface area contributed by atoms with E-state index in [1.807, 2.05) is 50.3 Å². The molecule has 0 saturated heterocycles. The number of nitrogens with two attached hydrogens (primary N) is 3. The number of hydrogen-bond donors (Lipinski definition) is 14. The van der Waals surface area contributed by atoms with Crippen molar-refractivity contribution in [3.8, 4) is 5.75 Å². The second kappa shape index (κ2) is 27.5. The number of Topliss-reactive ketones (excluding diaryl/α,β-unsaturated/α-hetero) is 1. The molecule has 2 bridgehead atoms. The van der Waals surface area contributed by atoms with Crippen LogP contribution in [0.5, 0.6) is 5.75 Å². The van der Waals surface area contributed by atoms with Crippen LogP contribution in [-0.2, 0) is 28.9 Å². The fourth-order valence-corrected chi connectivity index (χ4v) is 13.5. The van der Waals surface area contributed by atoms with E-state index in [0.717, 1.165) is 27.8 Å². The number of amides is 1. The van der Waals surface area contributed by atoms with Crippen LogP contribution in [0.15, 0.2) is 130 Å². The van der Waals surface area contributed by atoms with E-state index in [0.29, 0.717) is 84.9 Å². The van der Waals surface area contributed by atoms with Gasteiger partial charge in [-0.15, -0.1) is 0 Å². The molecule has 17 N–H and O–H groups in total. The number of allylic oxidation sites excluding steroid dienone is 5. The fraction of sp³-hybridized carbons (Fsp3) is 0.516. The summed E-state index contributed by atoms with van der Waals surface area (Å²) in [5.74, 6) is -2.98. The molecule has 17 nitrogen and oxygen atoms in total. The fourth-order valence-electron chi connectivity index (χ4n) is 13.5. The molecule has 4 aliphatic rings. The van der Waals surface area contributed by atoms with Gasteiger partial charge in [-0.05, 0) is 173 Å². The van der Waals surface area contributed by atoms with Crippen LogP contribution in [0.4, 0.5) is 0 Å². The number of phenols is 1. The molecule has 0 unspecified atom stereocenters. The van der Waals surface area contributed by atoms with Crippen molar-refractivity contribution in [3.05, 3.63) is 159 Å². The maximum atomic E-state index is 15.1. The van der Waals surface area contributed by atoms with Gasteiger partial charge in [0.05, 0.1) is 30.5 Å². The van der Waals surface area contributed by atoms with E-state index in [1.165, 1.54) is 0 Å². The highest BCUT2D eigenvalue weighted by molar-refractivity contribution is 5.98. The molecule has 17 heteroatoms. The highest BCUT2D eigenvalue weighted by atomic mass is 16.3. The van der Waals surface area contributed by atoms with Gasteiger partial charge in [0, 0.05) is 49.8 Å². The number of benzene rings is 3. The zero-order chi connectivity index (χ0) is 58.8. The third kappa shape index (κ3) is 14.5. The number of nitrogens with one attached hydrogen (secondary N) is 3. The number of aliphatic hydroxyl groups is 7. The Bertz CT molecular complexity index is 2850. The van der Waals surface area contributed by atoms with Gasteiger partial charge in [0.25, 0.3) is 0 Å². The molecule has 3 aromatic rings. The van der Waals surface area contributed by atoms with E-state index < -0.39 is 83.4 Å². The lowest BCUT2D eigenvalue weighted by atomic mass is 9.52. The van der Waals surface area contributed by atoms with E-state index in [-0.39, 0.29) is 69.3 Å². The van der Waals surface area contributed by atoms with Crippen LogP contribution in [0.2, 0.25) is 0 Å². The van der Waals surface area contributed by atoms with Crippen LogP contribution in [0.3, 0.4) is 0 Å². The minimum Gasteiger partial charge on any atom is -0.508 e. The number of rotatable bonds is 16. The summed E-state index contributed by atoms with van der Waals surface area (Å²) >= 11 is 0. The lowest BCUT2D eigenvalue weighted by molar-refractivity contribution is -0.168. The van der Waals surface area contributed by atoms with Gasteiger partial charge in [0.2, 0.25) is 5.91 Å². The number of nitrogens with zero attached hydrogens (tertiary/aromatic N) is 1. The number of phenolic OH excluding ortho intramolecular Hbond substituents is 1. The minimum atomic E-state index is -1.48. The lowest BCUT2D eigenvalue weighted by Crippen LogP contribution is -2.59. The minimum absolute atomic E-state index is 0.0401. The molecule has 0 radical (unpaired) electrons. The van der Waals surface area contributed by atoms with Crippen molar-refractivity contribution in [2.24, 2.45) is 45.4 Å². The van der Waals surface area contributed by atoms with Crippen LogP contribution in [0.1, 0.15) is 137 Å². The number of aliphatic imine (C=N–C) groups is 1. The smallest absolute Gasteiger partial charge is 0.243 e. The average Bonchev–Trinajstić information content (AvgIpc) is 4.07. The van der Waals surface area contributed by atoms with Crippen molar-refractivity contribution < 1.29 is 50.4 Å². The molecule has 2 aliphatic carbocycles. The summed E-state index contributed by atoms with van der Waals surface area (Å²) in [6, 6.07) is 18.9. The molecule has 3 aromatic carbocycles. The Labute approximate surface area is 477 Å². The zero-order valence-electron chi connectivity index (χ0n) is 47.7. The van der Waals surface area contributed by atoms with Crippen molar-refractivity contribution in [1.82, 2.24) is 16.0 Å². The SMILES string of the molecule is C=C(/C=C/C=C(/CO)[C@H]1CC[C@@]2([C@@H]3CC[C@H](O)Cc4cccc(c4)C[C@H]([C@H](CN=C(N)N)c4ccc(O)cc4)[C@H](O)CN[C@H]4C(=O)N[C@H](N)c5cccc(c54)CC(=O)/C(C)=C/3CC[C@@]2(C)O)[C@@H]1O)[C@@](O)(CC=C(C)C)NCCCCO. The van der Waals surface area contributed by atoms with Gasteiger partial charge >= 0.3 is 0 Å². The summed E-state index contributed by atoms with van der Waals surface area (Å²) in [6.45, 7) is 11.7. The molecule has 7 rings (SSSR count). The maximum absolute atomic E-state index is 15.1.